The molecule has 0 aliphatic carbocycles. The predicted octanol–water partition coefficient (Wildman–Crippen LogP) is -0.192. The molecular weight excluding hydrogens is 214 g/mol. The maximum atomic E-state index is 11.8. The largest absolute Gasteiger partial charge is 0.344 e. The molecule has 0 saturated carbocycles. The second-order valence-corrected chi connectivity index (χ2v) is 5.01. The summed E-state index contributed by atoms with van der Waals surface area (Å²) in [5.74, 6) is 3.19. The Balaban J connectivity index is 1.86. The summed E-state index contributed by atoms with van der Waals surface area (Å²) in [7, 11) is 0. The third-order valence-corrected chi connectivity index (χ3v) is 3.92. The Hall–Kier alpha value is -1.05. The zero-order valence-corrected chi connectivity index (χ0v) is 10.4. The van der Waals surface area contributed by atoms with Gasteiger partial charge in [0.2, 0.25) is 5.91 Å². The Morgan fingerprint density at radius 1 is 1.65 bits per heavy atom. The van der Waals surface area contributed by atoms with E-state index in [1.807, 2.05) is 6.92 Å². The van der Waals surface area contributed by atoms with Gasteiger partial charge in [-0.05, 0) is 32.2 Å². The summed E-state index contributed by atoms with van der Waals surface area (Å²) < 4.78 is 0. The van der Waals surface area contributed by atoms with Gasteiger partial charge in [0.25, 0.3) is 0 Å². The quantitative estimate of drug-likeness (QED) is 0.666. The Kier molecular flexibility index (Phi) is 4.03. The molecule has 17 heavy (non-hydrogen) atoms. The molecule has 1 amide bonds. The van der Waals surface area contributed by atoms with Gasteiger partial charge in [0.15, 0.2) is 0 Å². The van der Waals surface area contributed by atoms with Crippen LogP contribution in [0.25, 0.3) is 0 Å². The first-order chi connectivity index (χ1) is 8.22. The molecule has 0 bridgehead atoms. The average molecular weight is 235 g/mol. The number of amides is 1. The second kappa shape index (κ2) is 5.52. The highest BCUT2D eigenvalue weighted by Crippen LogP contribution is 2.26. The van der Waals surface area contributed by atoms with Gasteiger partial charge in [-0.15, -0.1) is 6.42 Å². The zero-order valence-electron chi connectivity index (χ0n) is 10.4. The maximum Gasteiger partial charge on any atom is 0.237 e. The van der Waals surface area contributed by atoms with Gasteiger partial charge in [-0.3, -0.25) is 9.69 Å². The van der Waals surface area contributed by atoms with Gasteiger partial charge in [-0.2, -0.15) is 0 Å². The molecule has 2 saturated heterocycles. The lowest BCUT2D eigenvalue weighted by Gasteiger charge is -2.24. The van der Waals surface area contributed by atoms with Gasteiger partial charge in [0, 0.05) is 19.1 Å². The lowest BCUT2D eigenvalue weighted by Crippen LogP contribution is -2.45. The highest BCUT2D eigenvalue weighted by Gasteiger charge is 2.37. The summed E-state index contributed by atoms with van der Waals surface area (Å²) in [4.78, 5) is 14.1. The normalized spacial score (nSPS) is 30.4. The van der Waals surface area contributed by atoms with E-state index in [4.69, 9.17) is 6.42 Å². The topological polar surface area (TPSA) is 44.4 Å². The smallest absolute Gasteiger partial charge is 0.237 e. The first kappa shape index (κ1) is 12.4. The summed E-state index contributed by atoms with van der Waals surface area (Å²) in [6, 6.07) is 0.502. The van der Waals surface area contributed by atoms with Crippen molar-refractivity contribution in [1.29, 1.82) is 0 Å². The third kappa shape index (κ3) is 2.80. The number of piperidine rings is 1. The Morgan fingerprint density at radius 2 is 2.47 bits per heavy atom. The molecule has 0 aromatic carbocycles. The van der Waals surface area contributed by atoms with Crippen molar-refractivity contribution in [2.24, 2.45) is 5.92 Å². The molecule has 3 unspecified atom stereocenters. The number of hydrogen-bond donors (Lipinski definition) is 2. The predicted molar refractivity (Wildman–Crippen MR) is 67.4 cm³/mol. The fraction of sp³-hybridized carbons (Fsp3) is 0.769. The molecular formula is C13H21N3O. The van der Waals surface area contributed by atoms with Crippen LogP contribution in [0.2, 0.25) is 0 Å². The molecule has 2 N–H and O–H groups in total. The summed E-state index contributed by atoms with van der Waals surface area (Å²) in [6.07, 6.45) is 7.68. The second-order valence-electron chi connectivity index (χ2n) is 5.01. The van der Waals surface area contributed by atoms with E-state index in [-0.39, 0.29) is 11.9 Å². The number of carbonyl (C=O) groups excluding carboxylic acids is 1. The Bertz CT molecular complexity index is 309. The van der Waals surface area contributed by atoms with Gasteiger partial charge < -0.3 is 10.6 Å². The van der Waals surface area contributed by atoms with Crippen molar-refractivity contribution in [1.82, 2.24) is 15.5 Å². The molecule has 0 aromatic rings. The van der Waals surface area contributed by atoms with Gasteiger partial charge in [0.1, 0.15) is 0 Å². The van der Waals surface area contributed by atoms with E-state index in [2.05, 4.69) is 21.5 Å². The van der Waals surface area contributed by atoms with Crippen LogP contribution in [0, 0.1) is 18.3 Å². The molecule has 2 heterocycles. The molecule has 2 rings (SSSR count). The Morgan fingerprint density at radius 3 is 3.18 bits per heavy atom. The van der Waals surface area contributed by atoms with Crippen LogP contribution in [0.5, 0.6) is 0 Å². The molecule has 0 aromatic heterocycles. The Labute approximate surface area is 103 Å². The number of nitrogens with zero attached hydrogens (tertiary/aromatic N) is 1. The van der Waals surface area contributed by atoms with Crippen LogP contribution in [0.3, 0.4) is 0 Å². The molecule has 2 aliphatic rings. The van der Waals surface area contributed by atoms with Crippen molar-refractivity contribution in [3.63, 3.8) is 0 Å². The van der Waals surface area contributed by atoms with E-state index in [0.29, 0.717) is 18.5 Å². The molecule has 0 radical (unpaired) electrons. The molecule has 3 atom stereocenters. The molecule has 2 aliphatic heterocycles. The molecule has 0 spiro atoms. The van der Waals surface area contributed by atoms with Gasteiger partial charge in [0.05, 0.1) is 12.6 Å². The van der Waals surface area contributed by atoms with Gasteiger partial charge in [-0.1, -0.05) is 5.92 Å². The molecule has 4 heteroatoms. The van der Waals surface area contributed by atoms with Gasteiger partial charge in [-0.25, -0.2) is 0 Å². The monoisotopic (exact) mass is 235 g/mol. The van der Waals surface area contributed by atoms with Crippen molar-refractivity contribution in [2.75, 3.05) is 26.2 Å². The van der Waals surface area contributed by atoms with E-state index in [0.717, 1.165) is 19.6 Å². The highest BCUT2D eigenvalue weighted by molar-refractivity contribution is 5.81. The number of carbonyl (C=O) groups is 1. The van der Waals surface area contributed by atoms with Crippen molar-refractivity contribution in [2.45, 2.75) is 31.8 Å². The molecule has 4 nitrogen and oxygen atoms in total. The van der Waals surface area contributed by atoms with E-state index in [9.17, 15) is 4.79 Å². The fourth-order valence-corrected chi connectivity index (χ4v) is 2.85. The van der Waals surface area contributed by atoms with Crippen molar-refractivity contribution < 1.29 is 4.79 Å². The van der Waals surface area contributed by atoms with E-state index in [1.54, 1.807) is 0 Å². The van der Waals surface area contributed by atoms with Crippen LogP contribution in [0.1, 0.15) is 19.8 Å². The minimum atomic E-state index is -0.0734. The summed E-state index contributed by atoms with van der Waals surface area (Å²) in [5, 5.41) is 6.30. The van der Waals surface area contributed by atoms with Crippen molar-refractivity contribution in [3.05, 3.63) is 0 Å². The van der Waals surface area contributed by atoms with Crippen LogP contribution < -0.4 is 10.6 Å². The fourth-order valence-electron chi connectivity index (χ4n) is 2.85. The highest BCUT2D eigenvalue weighted by atomic mass is 16.2. The maximum absolute atomic E-state index is 11.8. The summed E-state index contributed by atoms with van der Waals surface area (Å²) in [6.45, 7) is 5.41. The number of hydrogen-bond acceptors (Lipinski definition) is 3. The number of nitrogens with one attached hydrogen (secondary N) is 2. The number of rotatable bonds is 3. The molecule has 94 valence electrons. The number of likely N-dealkylation sites (tertiary alicyclic amines) is 1. The van der Waals surface area contributed by atoms with E-state index in [1.165, 1.54) is 12.8 Å². The SMILES string of the molecule is C#CCNC(=O)C(C)N1CC2CCCNC2C1. The van der Waals surface area contributed by atoms with Crippen LogP contribution in [0.4, 0.5) is 0 Å². The number of fused-ring (bicyclic) bond motifs is 1. The summed E-state index contributed by atoms with van der Waals surface area (Å²) >= 11 is 0. The zero-order chi connectivity index (χ0) is 12.3. The van der Waals surface area contributed by atoms with E-state index >= 15 is 0 Å². The van der Waals surface area contributed by atoms with E-state index < -0.39 is 0 Å². The first-order valence-electron chi connectivity index (χ1n) is 6.41. The lowest BCUT2D eigenvalue weighted by atomic mass is 9.94. The minimum Gasteiger partial charge on any atom is -0.344 e. The molecule has 2 fully saturated rings. The van der Waals surface area contributed by atoms with Crippen LogP contribution in [-0.4, -0.2) is 49.1 Å². The van der Waals surface area contributed by atoms with Crippen LogP contribution in [-0.2, 0) is 4.79 Å². The van der Waals surface area contributed by atoms with Crippen LogP contribution in [0.15, 0.2) is 0 Å². The van der Waals surface area contributed by atoms with Crippen molar-refractivity contribution in [3.8, 4) is 12.3 Å². The average Bonchev–Trinajstić information content (AvgIpc) is 2.78. The standard InChI is InChI=1S/C13H21N3O/c1-3-6-15-13(17)10(2)16-8-11-5-4-7-14-12(11)9-16/h1,10-12,14H,4-9H2,2H3,(H,15,17). The van der Waals surface area contributed by atoms with Crippen LogP contribution >= 0.6 is 0 Å². The number of terminal acetylenes is 1. The minimum absolute atomic E-state index is 0.0431. The summed E-state index contributed by atoms with van der Waals surface area (Å²) in [5.41, 5.74) is 0. The third-order valence-electron chi connectivity index (χ3n) is 3.92. The first-order valence-corrected chi connectivity index (χ1v) is 6.41. The van der Waals surface area contributed by atoms with Crippen molar-refractivity contribution >= 4 is 5.91 Å². The lowest BCUT2D eigenvalue weighted by molar-refractivity contribution is -0.125. The van der Waals surface area contributed by atoms with Gasteiger partial charge >= 0.3 is 0 Å².